The van der Waals surface area contributed by atoms with Gasteiger partial charge in [0.1, 0.15) is 11.4 Å². The number of carbonyl (C=O) groups excluding carboxylic acids is 1. The highest BCUT2D eigenvalue weighted by atomic mass is 35.5. The number of rotatable bonds is 3. The largest absolute Gasteiger partial charge is 0.275 e. The maximum atomic E-state index is 12.3. The fourth-order valence-electron chi connectivity index (χ4n) is 3.14. The van der Waals surface area contributed by atoms with Crippen molar-refractivity contribution in [3.8, 4) is 0 Å². The summed E-state index contributed by atoms with van der Waals surface area (Å²) in [6.07, 6.45) is 0. The molecule has 2 atom stereocenters. The first kappa shape index (κ1) is 15.0. The highest BCUT2D eigenvalue weighted by molar-refractivity contribution is 6.33. The zero-order valence-electron chi connectivity index (χ0n) is 13.3. The van der Waals surface area contributed by atoms with E-state index in [-0.39, 0.29) is 11.9 Å². The average Bonchev–Trinajstić information content (AvgIpc) is 3.18. The predicted molar refractivity (Wildman–Crippen MR) is 95.4 cm³/mol. The number of hydrogen-bond donors (Lipinski definition) is 1. The van der Waals surface area contributed by atoms with Crippen LogP contribution in [-0.2, 0) is 4.79 Å². The second kappa shape index (κ2) is 5.63. The molecule has 9 heteroatoms. The molecule has 1 aliphatic heterocycles. The molecule has 1 amide bonds. The quantitative estimate of drug-likeness (QED) is 0.442. The summed E-state index contributed by atoms with van der Waals surface area (Å²) < 4.78 is 1.59. The normalized spacial score (nSPS) is 19.7. The lowest BCUT2D eigenvalue weighted by atomic mass is 9.95. The zero-order chi connectivity index (χ0) is 17.7. The van der Waals surface area contributed by atoms with Gasteiger partial charge in [0.25, 0.3) is 5.91 Å². The van der Waals surface area contributed by atoms with Gasteiger partial charge in [-0.2, -0.15) is 4.52 Å². The monoisotopic (exact) mass is 365 g/mol. The van der Waals surface area contributed by atoms with Gasteiger partial charge in [-0.25, -0.2) is 9.99 Å². The number of alkyl halides is 1. The van der Waals surface area contributed by atoms with Crippen molar-refractivity contribution in [2.24, 2.45) is 0 Å². The topological polar surface area (TPSA) is 88.3 Å². The minimum absolute atomic E-state index is 0.221. The van der Waals surface area contributed by atoms with E-state index in [0.29, 0.717) is 17.0 Å². The van der Waals surface area contributed by atoms with Crippen LogP contribution in [0.1, 0.15) is 11.6 Å². The molecule has 1 aliphatic rings. The van der Waals surface area contributed by atoms with Crippen molar-refractivity contribution < 1.29 is 4.79 Å². The molecule has 4 aromatic rings. The lowest BCUT2D eigenvalue weighted by molar-refractivity contribution is -0.143. The molecule has 2 unspecified atom stereocenters. The number of fused-ring (bicyclic) bond motifs is 3. The Morgan fingerprint density at radius 1 is 1.04 bits per heavy atom. The maximum absolute atomic E-state index is 12.3. The molecule has 128 valence electrons. The van der Waals surface area contributed by atoms with Crippen LogP contribution >= 0.6 is 11.6 Å². The van der Waals surface area contributed by atoms with Crippen molar-refractivity contribution in [1.82, 2.24) is 30.0 Å². The van der Waals surface area contributed by atoms with E-state index in [1.165, 1.54) is 5.01 Å². The number of benzene rings is 2. The fraction of sp³-hybridized carbons (Fsp3) is 0.118. The Kier molecular flexibility index (Phi) is 3.26. The number of hydrazine groups is 1. The van der Waals surface area contributed by atoms with Crippen LogP contribution < -0.4 is 5.43 Å². The van der Waals surface area contributed by atoms with Crippen LogP contribution in [0.3, 0.4) is 0 Å². The highest BCUT2D eigenvalue weighted by Crippen LogP contribution is 2.38. The van der Waals surface area contributed by atoms with Gasteiger partial charge in [0.15, 0.2) is 5.82 Å². The van der Waals surface area contributed by atoms with E-state index in [1.54, 1.807) is 4.52 Å². The van der Waals surface area contributed by atoms with Crippen molar-refractivity contribution in [1.29, 1.82) is 0 Å². The van der Waals surface area contributed by atoms with Crippen molar-refractivity contribution in [3.05, 3.63) is 60.2 Å². The van der Waals surface area contributed by atoms with Gasteiger partial charge in [-0.3, -0.25) is 10.2 Å². The van der Waals surface area contributed by atoms with Crippen LogP contribution in [0.25, 0.3) is 16.7 Å². The Morgan fingerprint density at radius 3 is 2.65 bits per heavy atom. The summed E-state index contributed by atoms with van der Waals surface area (Å²) in [5.41, 5.74) is 5.92. The smallest absolute Gasteiger partial charge is 0.262 e. The Labute approximate surface area is 152 Å². The SMILES string of the molecule is O=C1C(Cl)C(c2ccccc2)N1Nc1nc2ccccc2n2nnnc12. The maximum Gasteiger partial charge on any atom is 0.262 e. The van der Waals surface area contributed by atoms with Crippen LogP contribution in [0.15, 0.2) is 54.6 Å². The lowest BCUT2D eigenvalue weighted by Crippen LogP contribution is -2.58. The van der Waals surface area contributed by atoms with Crippen LogP contribution in [0.2, 0.25) is 0 Å². The summed E-state index contributed by atoms with van der Waals surface area (Å²) in [4.78, 5) is 16.9. The summed E-state index contributed by atoms with van der Waals surface area (Å²) in [6.45, 7) is 0. The summed E-state index contributed by atoms with van der Waals surface area (Å²) >= 11 is 6.26. The first-order valence-electron chi connectivity index (χ1n) is 7.99. The van der Waals surface area contributed by atoms with Crippen molar-refractivity contribution in [2.75, 3.05) is 5.43 Å². The first-order valence-corrected chi connectivity index (χ1v) is 8.43. The number of para-hydroxylation sites is 2. The van der Waals surface area contributed by atoms with Crippen LogP contribution in [0.4, 0.5) is 5.82 Å². The summed E-state index contributed by atoms with van der Waals surface area (Å²) in [6, 6.07) is 16.8. The molecule has 2 aromatic heterocycles. The zero-order valence-corrected chi connectivity index (χ0v) is 14.1. The van der Waals surface area contributed by atoms with E-state index in [9.17, 15) is 4.79 Å². The molecule has 0 bridgehead atoms. The van der Waals surface area contributed by atoms with E-state index in [2.05, 4.69) is 25.9 Å². The second-order valence-electron chi connectivity index (χ2n) is 5.94. The summed E-state index contributed by atoms with van der Waals surface area (Å²) in [7, 11) is 0. The Bertz CT molecular complexity index is 1130. The number of aromatic nitrogens is 5. The molecular formula is C17H12ClN7O. The van der Waals surface area contributed by atoms with Crippen molar-refractivity contribution in [3.63, 3.8) is 0 Å². The lowest BCUT2D eigenvalue weighted by Gasteiger charge is -2.44. The Hall–Kier alpha value is -3.26. The number of anilines is 1. The molecule has 8 nitrogen and oxygen atoms in total. The molecule has 5 rings (SSSR count). The van der Waals surface area contributed by atoms with E-state index in [0.717, 1.165) is 11.1 Å². The van der Waals surface area contributed by atoms with Gasteiger partial charge in [-0.05, 0) is 28.1 Å². The van der Waals surface area contributed by atoms with E-state index >= 15 is 0 Å². The van der Waals surface area contributed by atoms with Crippen LogP contribution in [0, 0.1) is 0 Å². The molecule has 0 radical (unpaired) electrons. The third-order valence-electron chi connectivity index (χ3n) is 4.42. The third-order valence-corrected chi connectivity index (χ3v) is 4.85. The standard InChI is InChI=1S/C17H12ClN7O/c18-13-14(10-6-2-1-3-7-10)25(17(13)26)21-15-16-20-22-23-24(16)12-9-5-4-8-11(12)19-15/h1-9,13-14H,(H,19,21). The van der Waals surface area contributed by atoms with Crippen LogP contribution in [0.5, 0.6) is 0 Å². The van der Waals surface area contributed by atoms with Gasteiger partial charge in [0, 0.05) is 0 Å². The number of carbonyl (C=O) groups is 1. The number of nitrogens with zero attached hydrogens (tertiary/aromatic N) is 6. The van der Waals surface area contributed by atoms with Crippen molar-refractivity contribution in [2.45, 2.75) is 11.4 Å². The average molecular weight is 366 g/mol. The van der Waals surface area contributed by atoms with Gasteiger partial charge < -0.3 is 0 Å². The van der Waals surface area contributed by atoms with Gasteiger partial charge in [-0.1, -0.05) is 42.5 Å². The van der Waals surface area contributed by atoms with Crippen molar-refractivity contribution >= 4 is 40.0 Å². The molecule has 1 fully saturated rings. The minimum Gasteiger partial charge on any atom is -0.275 e. The van der Waals surface area contributed by atoms with Crippen LogP contribution in [-0.4, -0.2) is 41.3 Å². The number of tetrazole rings is 1. The number of nitrogens with one attached hydrogen (secondary N) is 1. The molecule has 0 saturated carbocycles. The van der Waals surface area contributed by atoms with E-state index in [1.807, 2.05) is 54.6 Å². The number of amides is 1. The minimum atomic E-state index is -0.627. The number of β-lactam (4-membered cyclic amide) rings is 1. The molecule has 1 saturated heterocycles. The number of halogens is 1. The predicted octanol–water partition coefficient (Wildman–Crippen LogP) is 2.19. The van der Waals surface area contributed by atoms with Gasteiger partial charge >= 0.3 is 0 Å². The summed E-state index contributed by atoms with van der Waals surface area (Å²) in [5, 5.41) is 12.6. The first-order chi connectivity index (χ1) is 12.7. The van der Waals surface area contributed by atoms with E-state index in [4.69, 9.17) is 11.6 Å². The molecule has 0 spiro atoms. The van der Waals surface area contributed by atoms with Gasteiger partial charge in [0.2, 0.25) is 5.65 Å². The molecule has 3 heterocycles. The molecule has 2 aromatic carbocycles. The van der Waals surface area contributed by atoms with Gasteiger partial charge in [-0.15, -0.1) is 16.7 Å². The molecular weight excluding hydrogens is 354 g/mol. The highest BCUT2D eigenvalue weighted by Gasteiger charge is 2.48. The Morgan fingerprint density at radius 2 is 1.81 bits per heavy atom. The molecule has 26 heavy (non-hydrogen) atoms. The fourth-order valence-corrected chi connectivity index (χ4v) is 3.50. The summed E-state index contributed by atoms with van der Waals surface area (Å²) in [5.74, 6) is 0.174. The van der Waals surface area contributed by atoms with E-state index < -0.39 is 5.38 Å². The molecule has 1 N–H and O–H groups in total. The Balaban J connectivity index is 1.58. The number of hydrogen-bond acceptors (Lipinski definition) is 6. The van der Waals surface area contributed by atoms with Gasteiger partial charge in [0.05, 0.1) is 11.0 Å². The third kappa shape index (κ3) is 2.12. The molecule has 0 aliphatic carbocycles. The second-order valence-corrected chi connectivity index (χ2v) is 6.41.